The number of pyridine rings is 1. The standard InChI is InChI=1S/C68H51BN4/c1-68(2,3)60-36-21-33-54(47-22-7-4-8-23-47)65(60)69(52-40-41-59-58-32-15-16-37-61(58)73(63(59)45-52)64-38-17-18-43-70-64)51-29-19-30-53(44-51)71-46-72(67-57-31-14-13-28-50(57)39-42-62(67)71)66-55(48-24-9-5-10-25-48)34-20-35-56(66)49-26-11-6-12-27-49/h4-45H,1-3H3/q+2. The topological polar surface area (TPSA) is 23.8 Å². The van der Waals surface area contributed by atoms with Crippen molar-refractivity contribution in [3.63, 3.8) is 0 Å². The van der Waals surface area contributed by atoms with E-state index in [1.165, 1.54) is 49.2 Å². The predicted molar refractivity (Wildman–Crippen MR) is 309 cm³/mol. The molecule has 1 aliphatic rings. The van der Waals surface area contributed by atoms with Crippen LogP contribution < -0.4 is 25.5 Å². The van der Waals surface area contributed by atoms with Gasteiger partial charge in [0.05, 0.1) is 27.5 Å². The maximum absolute atomic E-state index is 4.93. The van der Waals surface area contributed by atoms with Crippen LogP contribution in [0.4, 0.5) is 22.7 Å². The number of para-hydroxylation sites is 2. The SMILES string of the molecule is CC(C)(C)c1cccc(-c2ccccc2)c1B(c1cccc([N+]2=C=[N+](c3c(-c4ccccc4)cccc3-c3ccccc3)c3c2ccc2ccccc32)c1)c1ccc2c3ccccc3n(-c3ccccn3)c2c1. The number of fused-ring (bicyclic) bond motifs is 6. The summed E-state index contributed by atoms with van der Waals surface area (Å²) in [6.45, 7) is 6.86. The molecular weight excluding hydrogens is 884 g/mol. The highest BCUT2D eigenvalue weighted by molar-refractivity contribution is 6.96. The minimum atomic E-state index is -0.178. The van der Waals surface area contributed by atoms with Gasteiger partial charge in [-0.05, 0) is 96.3 Å². The molecule has 10 aromatic carbocycles. The molecule has 0 N–H and O–H groups in total. The zero-order valence-electron chi connectivity index (χ0n) is 41.1. The molecule has 5 heteroatoms. The number of hydrogen-bond donors (Lipinski definition) is 0. The first-order chi connectivity index (χ1) is 35.9. The summed E-state index contributed by atoms with van der Waals surface area (Å²) in [5, 5.41) is 4.73. The predicted octanol–water partition coefficient (Wildman–Crippen LogP) is 15.0. The van der Waals surface area contributed by atoms with Gasteiger partial charge >= 0.3 is 11.7 Å². The molecule has 73 heavy (non-hydrogen) atoms. The molecule has 1 aliphatic heterocycles. The lowest BCUT2D eigenvalue weighted by Crippen LogP contribution is -2.55. The second-order valence-corrected chi connectivity index (χ2v) is 20.1. The third kappa shape index (κ3) is 7.61. The average molecular weight is 935 g/mol. The number of aromatic nitrogens is 2. The second-order valence-electron chi connectivity index (χ2n) is 20.1. The van der Waals surface area contributed by atoms with Crippen LogP contribution in [0, 0.1) is 0 Å². The Hall–Kier alpha value is -9.15. The lowest BCUT2D eigenvalue weighted by atomic mass is 9.34. The van der Waals surface area contributed by atoms with Gasteiger partial charge in [0, 0.05) is 35.2 Å². The van der Waals surface area contributed by atoms with Crippen LogP contribution in [0.5, 0.6) is 0 Å². The summed E-state index contributed by atoms with van der Waals surface area (Å²) in [4.78, 5) is 4.93. The molecule has 12 aromatic rings. The van der Waals surface area contributed by atoms with E-state index < -0.39 is 0 Å². The number of hydrogen-bond acceptors (Lipinski definition) is 1. The Bertz CT molecular complexity index is 4090. The molecule has 0 amide bonds. The van der Waals surface area contributed by atoms with Crippen molar-refractivity contribution < 1.29 is 0 Å². The van der Waals surface area contributed by atoms with E-state index in [-0.39, 0.29) is 12.1 Å². The van der Waals surface area contributed by atoms with Crippen LogP contribution in [-0.4, -0.2) is 22.3 Å². The van der Waals surface area contributed by atoms with E-state index >= 15 is 0 Å². The van der Waals surface area contributed by atoms with Crippen molar-refractivity contribution >= 4 is 84.4 Å². The summed E-state index contributed by atoms with van der Waals surface area (Å²) >= 11 is 0. The Morgan fingerprint density at radius 1 is 0.438 bits per heavy atom. The van der Waals surface area contributed by atoms with E-state index in [2.05, 4.69) is 283 Å². The number of rotatable bonds is 9. The van der Waals surface area contributed by atoms with Gasteiger partial charge in [-0.25, -0.2) is 4.98 Å². The maximum Gasteiger partial charge on any atom is 0.503 e. The van der Waals surface area contributed by atoms with Gasteiger partial charge < -0.3 is 0 Å². The molecule has 0 unspecified atom stereocenters. The zero-order valence-corrected chi connectivity index (χ0v) is 41.1. The summed E-state index contributed by atoms with van der Waals surface area (Å²) in [6, 6.07) is 94.5. The summed E-state index contributed by atoms with van der Waals surface area (Å²) in [5.41, 5.74) is 18.3. The Kier molecular flexibility index (Phi) is 10.8. The zero-order chi connectivity index (χ0) is 49.0. The number of benzene rings is 10. The molecule has 4 nitrogen and oxygen atoms in total. The van der Waals surface area contributed by atoms with Gasteiger partial charge in [-0.15, -0.1) is 0 Å². The van der Waals surface area contributed by atoms with Crippen molar-refractivity contribution in [1.82, 2.24) is 18.7 Å². The molecule has 0 bridgehead atoms. The quantitative estimate of drug-likeness (QED) is 0.104. The Morgan fingerprint density at radius 2 is 1.03 bits per heavy atom. The molecule has 3 heterocycles. The summed E-state index contributed by atoms with van der Waals surface area (Å²) in [6.07, 6.45) is 1.89. The van der Waals surface area contributed by atoms with E-state index in [4.69, 9.17) is 4.98 Å². The first kappa shape index (κ1) is 43.8. The van der Waals surface area contributed by atoms with Gasteiger partial charge in [-0.3, -0.25) is 4.57 Å². The smallest absolute Gasteiger partial charge is 0.294 e. The fourth-order valence-electron chi connectivity index (χ4n) is 11.4. The molecule has 0 radical (unpaired) electrons. The third-order valence-electron chi connectivity index (χ3n) is 14.6. The Labute approximate surface area is 426 Å². The molecular formula is C68H51BN4+2. The normalized spacial score (nSPS) is 12.3. The fraction of sp³-hybridized carbons (Fsp3) is 0.0588. The second kappa shape index (κ2) is 17.9. The van der Waals surface area contributed by atoms with Crippen molar-refractivity contribution in [1.29, 1.82) is 0 Å². The van der Waals surface area contributed by atoms with Crippen molar-refractivity contribution in [3.05, 3.63) is 260 Å². The van der Waals surface area contributed by atoms with Crippen LogP contribution >= 0.6 is 0 Å². The molecule has 2 aromatic heterocycles. The third-order valence-corrected chi connectivity index (χ3v) is 14.6. The van der Waals surface area contributed by atoms with Gasteiger partial charge in [0.15, 0.2) is 0 Å². The minimum absolute atomic E-state index is 0.177. The lowest BCUT2D eigenvalue weighted by molar-refractivity contribution is 0.594. The van der Waals surface area contributed by atoms with Crippen LogP contribution in [-0.2, 0) is 5.41 Å². The van der Waals surface area contributed by atoms with Crippen LogP contribution in [0.1, 0.15) is 26.3 Å². The van der Waals surface area contributed by atoms with Crippen LogP contribution in [0.25, 0.3) is 71.8 Å². The monoisotopic (exact) mass is 934 g/mol. The minimum Gasteiger partial charge on any atom is -0.294 e. The highest BCUT2D eigenvalue weighted by atomic mass is 15.2. The fourth-order valence-corrected chi connectivity index (χ4v) is 11.4. The maximum atomic E-state index is 4.93. The van der Waals surface area contributed by atoms with Gasteiger partial charge in [-0.2, -0.15) is 0 Å². The highest BCUT2D eigenvalue weighted by Crippen LogP contribution is 2.47. The van der Waals surface area contributed by atoms with Crippen molar-refractivity contribution in [2.24, 2.45) is 0 Å². The molecule has 0 aliphatic carbocycles. The highest BCUT2D eigenvalue weighted by Gasteiger charge is 2.42. The Morgan fingerprint density at radius 3 is 1.73 bits per heavy atom. The lowest BCUT2D eigenvalue weighted by Gasteiger charge is -2.29. The molecule has 0 spiro atoms. The van der Waals surface area contributed by atoms with Crippen molar-refractivity contribution in [2.75, 3.05) is 0 Å². The molecule has 0 fully saturated rings. The molecule has 0 saturated heterocycles. The molecule has 344 valence electrons. The van der Waals surface area contributed by atoms with Crippen LogP contribution in [0.3, 0.4) is 0 Å². The van der Waals surface area contributed by atoms with E-state index in [9.17, 15) is 0 Å². The van der Waals surface area contributed by atoms with Gasteiger partial charge in [-0.1, -0.05) is 219 Å². The van der Waals surface area contributed by atoms with Gasteiger partial charge in [0.2, 0.25) is 18.1 Å². The van der Waals surface area contributed by atoms with E-state index in [1.54, 1.807) is 0 Å². The van der Waals surface area contributed by atoms with Crippen molar-refractivity contribution in [3.8, 4) is 39.2 Å². The molecule has 13 rings (SSSR count). The van der Waals surface area contributed by atoms with Crippen LogP contribution in [0.2, 0.25) is 0 Å². The van der Waals surface area contributed by atoms with E-state index in [1.807, 2.05) is 12.3 Å². The Balaban J connectivity index is 1.10. The van der Waals surface area contributed by atoms with Crippen molar-refractivity contribution in [2.45, 2.75) is 26.2 Å². The largest absolute Gasteiger partial charge is 0.503 e. The van der Waals surface area contributed by atoms with Crippen LogP contribution in [0.15, 0.2) is 255 Å². The summed E-state index contributed by atoms with van der Waals surface area (Å²) in [7, 11) is 0. The van der Waals surface area contributed by atoms with Gasteiger partial charge in [0.1, 0.15) is 5.82 Å². The van der Waals surface area contributed by atoms with E-state index in [0.717, 1.165) is 67.2 Å². The summed E-state index contributed by atoms with van der Waals surface area (Å²) < 4.78 is 6.95. The van der Waals surface area contributed by atoms with E-state index in [0.29, 0.717) is 0 Å². The molecule has 0 saturated carbocycles. The number of nitrogens with zero attached hydrogens (tertiary/aromatic N) is 4. The summed E-state index contributed by atoms with van der Waals surface area (Å²) in [5.74, 6) is 0.893. The van der Waals surface area contributed by atoms with Gasteiger partial charge in [0.25, 0.3) is 5.69 Å². The first-order valence-corrected chi connectivity index (χ1v) is 25.2. The first-order valence-electron chi connectivity index (χ1n) is 25.2. The average Bonchev–Trinajstić information content (AvgIpc) is 4.00. The molecule has 0 atom stereocenters.